The molecule has 0 saturated carbocycles. The number of hydrogen-bond acceptors (Lipinski definition) is 5. The summed E-state index contributed by atoms with van der Waals surface area (Å²) >= 11 is 0. The molecule has 2 aromatic carbocycles. The average Bonchev–Trinajstić information content (AvgIpc) is 2.61. The van der Waals surface area contributed by atoms with Gasteiger partial charge < -0.3 is 14.2 Å². The third-order valence-electron chi connectivity index (χ3n) is 3.50. The zero-order chi connectivity index (χ0) is 18.1. The average molecular weight is 342 g/mol. The van der Waals surface area contributed by atoms with E-state index in [0.717, 1.165) is 11.1 Å². The number of carbonyl (C=O) groups excluding carboxylic acids is 2. The molecule has 0 aliphatic heterocycles. The molecule has 0 heterocycles. The van der Waals surface area contributed by atoms with Crippen LogP contribution in [0.2, 0.25) is 0 Å². The fraction of sp³-hybridized carbons (Fsp3) is 0.300. The second-order valence-electron chi connectivity index (χ2n) is 5.62. The number of ether oxygens (including phenoxy) is 3. The van der Waals surface area contributed by atoms with Crippen LogP contribution in [-0.2, 0) is 14.2 Å². The Kier molecular flexibility index (Phi) is 7.16. The summed E-state index contributed by atoms with van der Waals surface area (Å²) in [5, 5.41) is 0. The van der Waals surface area contributed by atoms with Gasteiger partial charge >= 0.3 is 11.9 Å². The molecule has 2 rings (SSSR count). The molecular weight excluding hydrogens is 320 g/mol. The molecule has 25 heavy (non-hydrogen) atoms. The van der Waals surface area contributed by atoms with Crippen LogP contribution in [0.3, 0.4) is 0 Å². The molecule has 0 aliphatic carbocycles. The van der Waals surface area contributed by atoms with Crippen molar-refractivity contribution >= 4 is 11.9 Å². The Hall–Kier alpha value is -2.66. The maximum Gasteiger partial charge on any atom is 0.338 e. The lowest BCUT2D eigenvalue weighted by Crippen LogP contribution is -2.14. The van der Waals surface area contributed by atoms with Crippen molar-refractivity contribution in [1.82, 2.24) is 0 Å². The van der Waals surface area contributed by atoms with Gasteiger partial charge in [0, 0.05) is 0 Å². The summed E-state index contributed by atoms with van der Waals surface area (Å²) in [7, 11) is 0. The molecule has 132 valence electrons. The van der Waals surface area contributed by atoms with Crippen LogP contribution in [0.5, 0.6) is 0 Å². The van der Waals surface area contributed by atoms with E-state index < -0.39 is 0 Å². The molecule has 0 saturated heterocycles. The zero-order valence-electron chi connectivity index (χ0n) is 14.5. The van der Waals surface area contributed by atoms with Gasteiger partial charge in [-0.25, -0.2) is 9.59 Å². The summed E-state index contributed by atoms with van der Waals surface area (Å²) in [6, 6.07) is 14.3. The van der Waals surface area contributed by atoms with Gasteiger partial charge in [0.2, 0.25) is 0 Å². The van der Waals surface area contributed by atoms with Crippen molar-refractivity contribution in [3.8, 4) is 0 Å². The smallest absolute Gasteiger partial charge is 0.338 e. The Morgan fingerprint density at radius 1 is 0.640 bits per heavy atom. The van der Waals surface area contributed by atoms with Crippen LogP contribution in [0.15, 0.2) is 48.5 Å². The van der Waals surface area contributed by atoms with Crippen LogP contribution in [-0.4, -0.2) is 38.4 Å². The Balaban J connectivity index is 1.56. The first-order chi connectivity index (χ1) is 12.1. The fourth-order valence-electron chi connectivity index (χ4n) is 2.03. The first-order valence-corrected chi connectivity index (χ1v) is 8.11. The van der Waals surface area contributed by atoms with Crippen molar-refractivity contribution in [2.45, 2.75) is 13.8 Å². The van der Waals surface area contributed by atoms with Gasteiger partial charge in [0.1, 0.15) is 13.2 Å². The lowest BCUT2D eigenvalue weighted by Gasteiger charge is -2.07. The molecular formula is C20H22O5. The largest absolute Gasteiger partial charge is 0.460 e. The van der Waals surface area contributed by atoms with E-state index in [1.807, 2.05) is 38.1 Å². The Morgan fingerprint density at radius 3 is 1.36 bits per heavy atom. The first-order valence-electron chi connectivity index (χ1n) is 8.11. The Bertz CT molecular complexity index is 628. The monoisotopic (exact) mass is 342 g/mol. The van der Waals surface area contributed by atoms with Gasteiger partial charge in [-0.2, -0.15) is 0 Å². The van der Waals surface area contributed by atoms with E-state index in [2.05, 4.69) is 0 Å². The SMILES string of the molecule is Cc1ccc(C(=O)OCCOCCOC(=O)c2ccc(C)cc2)cc1. The van der Waals surface area contributed by atoms with Crippen LogP contribution in [0, 0.1) is 13.8 Å². The lowest BCUT2D eigenvalue weighted by atomic mass is 10.1. The van der Waals surface area contributed by atoms with Crippen molar-refractivity contribution in [1.29, 1.82) is 0 Å². The molecule has 0 aromatic heterocycles. The molecule has 0 fully saturated rings. The van der Waals surface area contributed by atoms with E-state index in [4.69, 9.17) is 14.2 Å². The summed E-state index contributed by atoms with van der Waals surface area (Å²) < 4.78 is 15.5. The second kappa shape index (κ2) is 9.59. The van der Waals surface area contributed by atoms with Gasteiger partial charge in [-0.05, 0) is 38.1 Å². The number of benzene rings is 2. The molecule has 0 atom stereocenters. The highest BCUT2D eigenvalue weighted by Gasteiger charge is 2.07. The quantitative estimate of drug-likeness (QED) is 0.544. The van der Waals surface area contributed by atoms with Gasteiger partial charge in [0.15, 0.2) is 0 Å². The molecule has 0 bridgehead atoms. The second-order valence-corrected chi connectivity index (χ2v) is 5.62. The summed E-state index contributed by atoms with van der Waals surface area (Å²) in [5.41, 5.74) is 3.19. The van der Waals surface area contributed by atoms with Crippen LogP contribution < -0.4 is 0 Å². The van der Waals surface area contributed by atoms with Gasteiger partial charge in [0.05, 0.1) is 24.3 Å². The highest BCUT2D eigenvalue weighted by molar-refractivity contribution is 5.89. The highest BCUT2D eigenvalue weighted by atomic mass is 16.6. The van der Waals surface area contributed by atoms with E-state index in [-0.39, 0.29) is 38.4 Å². The van der Waals surface area contributed by atoms with E-state index in [1.165, 1.54) is 0 Å². The molecule has 0 N–H and O–H groups in total. The minimum atomic E-state index is -0.380. The molecule has 0 spiro atoms. The summed E-state index contributed by atoms with van der Waals surface area (Å²) in [6.45, 7) is 4.71. The molecule has 5 heteroatoms. The van der Waals surface area contributed by atoms with Gasteiger partial charge in [-0.3, -0.25) is 0 Å². The van der Waals surface area contributed by atoms with Crippen molar-refractivity contribution in [3.63, 3.8) is 0 Å². The normalized spacial score (nSPS) is 10.3. The molecule has 0 radical (unpaired) electrons. The predicted octanol–water partition coefficient (Wildman–Crippen LogP) is 3.33. The molecule has 0 aliphatic rings. The summed E-state index contributed by atoms with van der Waals surface area (Å²) in [4.78, 5) is 23.5. The molecule has 0 unspecified atom stereocenters. The standard InChI is InChI=1S/C20H22O5/c1-15-3-7-17(8-4-15)19(21)24-13-11-23-12-14-25-20(22)18-9-5-16(2)6-10-18/h3-10H,11-14H2,1-2H3. The van der Waals surface area contributed by atoms with Crippen LogP contribution in [0.4, 0.5) is 0 Å². The number of hydrogen-bond donors (Lipinski definition) is 0. The molecule has 2 aromatic rings. The van der Waals surface area contributed by atoms with Crippen LogP contribution >= 0.6 is 0 Å². The lowest BCUT2D eigenvalue weighted by molar-refractivity contribution is 0.0151. The summed E-state index contributed by atoms with van der Waals surface area (Å²) in [5.74, 6) is -0.760. The minimum absolute atomic E-state index is 0.151. The minimum Gasteiger partial charge on any atom is -0.460 e. The van der Waals surface area contributed by atoms with Crippen LogP contribution in [0.25, 0.3) is 0 Å². The summed E-state index contributed by atoms with van der Waals surface area (Å²) in [6.07, 6.45) is 0. The maximum absolute atomic E-state index is 11.8. The maximum atomic E-state index is 11.8. The van der Waals surface area contributed by atoms with E-state index in [1.54, 1.807) is 24.3 Å². The number of carbonyl (C=O) groups is 2. The Morgan fingerprint density at radius 2 is 1.00 bits per heavy atom. The van der Waals surface area contributed by atoms with Crippen molar-refractivity contribution < 1.29 is 23.8 Å². The number of rotatable bonds is 8. The van der Waals surface area contributed by atoms with E-state index in [9.17, 15) is 9.59 Å². The third-order valence-corrected chi connectivity index (χ3v) is 3.50. The van der Waals surface area contributed by atoms with Crippen molar-refractivity contribution in [2.75, 3.05) is 26.4 Å². The van der Waals surface area contributed by atoms with Crippen molar-refractivity contribution in [3.05, 3.63) is 70.8 Å². The van der Waals surface area contributed by atoms with E-state index >= 15 is 0 Å². The third kappa shape index (κ3) is 6.39. The van der Waals surface area contributed by atoms with Crippen LogP contribution in [0.1, 0.15) is 31.8 Å². The molecule has 0 amide bonds. The fourth-order valence-corrected chi connectivity index (χ4v) is 2.03. The topological polar surface area (TPSA) is 61.8 Å². The zero-order valence-corrected chi connectivity index (χ0v) is 14.5. The highest BCUT2D eigenvalue weighted by Crippen LogP contribution is 2.05. The molecule has 5 nitrogen and oxygen atoms in total. The van der Waals surface area contributed by atoms with E-state index in [0.29, 0.717) is 11.1 Å². The van der Waals surface area contributed by atoms with Gasteiger partial charge in [0.25, 0.3) is 0 Å². The Labute approximate surface area is 147 Å². The van der Waals surface area contributed by atoms with Gasteiger partial charge in [-0.15, -0.1) is 0 Å². The van der Waals surface area contributed by atoms with Gasteiger partial charge in [-0.1, -0.05) is 35.4 Å². The van der Waals surface area contributed by atoms with Crippen molar-refractivity contribution in [2.24, 2.45) is 0 Å². The first kappa shape index (κ1) is 18.7. The number of esters is 2. The predicted molar refractivity (Wildman–Crippen MR) is 93.7 cm³/mol. The number of aryl methyl sites for hydroxylation is 2.